The van der Waals surface area contributed by atoms with Crippen molar-refractivity contribution in [2.45, 2.75) is 31.8 Å². The summed E-state index contributed by atoms with van der Waals surface area (Å²) in [5, 5.41) is 6.69. The van der Waals surface area contributed by atoms with E-state index in [9.17, 15) is 0 Å². The van der Waals surface area contributed by atoms with Crippen LogP contribution in [0.25, 0.3) is 5.65 Å². The SMILES string of the molecule is Cc1cc(NC2CC([NH3+])C2)[n+]2[nH]ccc2n1.[Cl-].[Cl-]. The molecule has 1 aliphatic carbocycles. The van der Waals surface area contributed by atoms with Crippen LogP contribution in [0.4, 0.5) is 5.82 Å². The van der Waals surface area contributed by atoms with Crippen molar-refractivity contribution in [3.05, 3.63) is 24.0 Å². The molecule has 0 aromatic carbocycles. The van der Waals surface area contributed by atoms with Crippen molar-refractivity contribution in [3.63, 3.8) is 0 Å². The van der Waals surface area contributed by atoms with E-state index in [2.05, 4.69) is 27.2 Å². The molecule has 2 aromatic rings. The van der Waals surface area contributed by atoms with Gasteiger partial charge in [0.05, 0.1) is 18.2 Å². The van der Waals surface area contributed by atoms with Crippen LogP contribution in [0.15, 0.2) is 18.3 Å². The highest BCUT2D eigenvalue weighted by Gasteiger charge is 2.32. The van der Waals surface area contributed by atoms with Crippen LogP contribution in [0.5, 0.6) is 0 Å². The predicted octanol–water partition coefficient (Wildman–Crippen LogP) is -6.35. The minimum absolute atomic E-state index is 0. The van der Waals surface area contributed by atoms with Crippen LogP contribution < -0.4 is 40.4 Å². The van der Waals surface area contributed by atoms with Gasteiger partial charge >= 0.3 is 0 Å². The molecule has 0 atom stereocenters. The van der Waals surface area contributed by atoms with E-state index in [0.717, 1.165) is 30.0 Å². The lowest BCUT2D eigenvalue weighted by atomic mass is 9.88. The summed E-state index contributed by atoms with van der Waals surface area (Å²) in [6.45, 7) is 2.02. The first kappa shape index (κ1) is 15.0. The third-order valence-corrected chi connectivity index (χ3v) is 3.13. The Bertz CT molecular complexity index is 521. The number of nitrogens with one attached hydrogen (secondary N) is 2. The van der Waals surface area contributed by atoms with Gasteiger partial charge < -0.3 is 35.9 Å². The Kier molecular flexibility index (Phi) is 4.78. The van der Waals surface area contributed by atoms with Gasteiger partial charge in [0, 0.05) is 25.1 Å². The standard InChI is InChI=1S/C11H15N5.2ClH/c1-7-4-11(15-9-5-8(12)6-9)16-10(14-7)2-3-13-16;;/h2-4,8-9H,5-6,12H2,1H3,(H,13,14,15);2*1H. The summed E-state index contributed by atoms with van der Waals surface area (Å²) in [5.74, 6) is 1.09. The summed E-state index contributed by atoms with van der Waals surface area (Å²) in [4.78, 5) is 4.44. The molecule has 0 aliphatic heterocycles. The van der Waals surface area contributed by atoms with Crippen LogP contribution in [0, 0.1) is 6.92 Å². The van der Waals surface area contributed by atoms with Crippen molar-refractivity contribution in [1.29, 1.82) is 0 Å². The fourth-order valence-corrected chi connectivity index (χ4v) is 2.25. The molecule has 0 spiro atoms. The molecule has 1 fully saturated rings. The lowest BCUT2D eigenvalue weighted by Gasteiger charge is -2.27. The third-order valence-electron chi connectivity index (χ3n) is 3.13. The minimum atomic E-state index is 0. The topological polar surface area (TPSA) is 72.5 Å². The maximum absolute atomic E-state index is 4.44. The second-order valence-electron chi connectivity index (χ2n) is 4.62. The van der Waals surface area contributed by atoms with Crippen LogP contribution in [0.2, 0.25) is 0 Å². The number of hydrogen-bond donors (Lipinski definition) is 3. The molecule has 1 aliphatic rings. The molecule has 100 valence electrons. The number of aromatic amines is 1. The summed E-state index contributed by atoms with van der Waals surface area (Å²) in [7, 11) is 0. The second kappa shape index (κ2) is 5.73. The molecule has 0 bridgehead atoms. The zero-order chi connectivity index (χ0) is 11.1. The van der Waals surface area contributed by atoms with E-state index in [-0.39, 0.29) is 24.8 Å². The van der Waals surface area contributed by atoms with Gasteiger partial charge in [0.25, 0.3) is 5.65 Å². The molecule has 2 heterocycles. The van der Waals surface area contributed by atoms with E-state index in [0.29, 0.717) is 12.1 Å². The molecule has 18 heavy (non-hydrogen) atoms. The average molecular weight is 290 g/mol. The van der Waals surface area contributed by atoms with Gasteiger partial charge in [-0.25, -0.2) is 0 Å². The van der Waals surface area contributed by atoms with Crippen LogP contribution in [-0.2, 0) is 0 Å². The van der Waals surface area contributed by atoms with Gasteiger partial charge in [0.15, 0.2) is 0 Å². The van der Waals surface area contributed by atoms with Crippen LogP contribution >= 0.6 is 0 Å². The summed E-state index contributed by atoms with van der Waals surface area (Å²) in [5.41, 5.74) is 6.03. The molecule has 0 unspecified atom stereocenters. The highest BCUT2D eigenvalue weighted by atomic mass is 35.5. The molecule has 3 rings (SSSR count). The first-order valence-corrected chi connectivity index (χ1v) is 5.69. The van der Waals surface area contributed by atoms with Gasteiger partial charge in [-0.1, -0.05) is 0 Å². The molecule has 1 saturated carbocycles. The first-order chi connectivity index (χ1) is 7.72. The van der Waals surface area contributed by atoms with E-state index in [4.69, 9.17) is 0 Å². The number of hydrogen-bond acceptors (Lipinski definition) is 2. The molecule has 0 saturated heterocycles. The number of anilines is 1. The summed E-state index contributed by atoms with van der Waals surface area (Å²) < 4.78 is 1.98. The molecule has 0 radical (unpaired) electrons. The maximum atomic E-state index is 4.44. The second-order valence-corrected chi connectivity index (χ2v) is 4.62. The van der Waals surface area contributed by atoms with Gasteiger partial charge in [0.1, 0.15) is 5.69 Å². The van der Waals surface area contributed by atoms with E-state index in [1.807, 2.05) is 23.7 Å². The normalized spacial score (nSPS) is 21.7. The Hall–Kier alpha value is -1.04. The first-order valence-electron chi connectivity index (χ1n) is 5.69. The lowest BCUT2D eigenvalue weighted by molar-refractivity contribution is -0.564. The van der Waals surface area contributed by atoms with Crippen molar-refractivity contribution in [3.8, 4) is 0 Å². The van der Waals surface area contributed by atoms with E-state index in [1.165, 1.54) is 0 Å². The highest BCUT2D eigenvalue weighted by Crippen LogP contribution is 2.20. The number of fused-ring (bicyclic) bond motifs is 1. The van der Waals surface area contributed by atoms with Crippen LogP contribution in [0.1, 0.15) is 18.5 Å². The van der Waals surface area contributed by atoms with E-state index >= 15 is 0 Å². The lowest BCUT2D eigenvalue weighted by Crippen LogP contribution is -3.00. The highest BCUT2D eigenvalue weighted by molar-refractivity contribution is 5.39. The number of rotatable bonds is 2. The van der Waals surface area contributed by atoms with Crippen molar-refractivity contribution < 1.29 is 35.1 Å². The quantitative estimate of drug-likeness (QED) is 0.482. The number of H-pyrrole nitrogens is 1. The van der Waals surface area contributed by atoms with Crippen molar-refractivity contribution in [2.24, 2.45) is 0 Å². The van der Waals surface area contributed by atoms with Gasteiger partial charge in [-0.2, -0.15) is 0 Å². The fraction of sp³-hybridized carbons (Fsp3) is 0.455. The zero-order valence-corrected chi connectivity index (χ0v) is 11.7. The molecule has 5 nitrogen and oxygen atoms in total. The Morgan fingerprint density at radius 1 is 1.44 bits per heavy atom. The molecular formula is C11H17Cl2N5. The average Bonchev–Trinajstić information content (AvgIpc) is 2.62. The Balaban J connectivity index is 0.000000810. The van der Waals surface area contributed by atoms with Crippen LogP contribution in [0.3, 0.4) is 0 Å². The Morgan fingerprint density at radius 2 is 2.17 bits per heavy atom. The van der Waals surface area contributed by atoms with Crippen molar-refractivity contribution >= 4 is 11.5 Å². The van der Waals surface area contributed by atoms with Gasteiger partial charge in [-0.05, 0) is 6.92 Å². The molecule has 7 heteroatoms. The van der Waals surface area contributed by atoms with Gasteiger partial charge in [0.2, 0.25) is 5.82 Å². The van der Waals surface area contributed by atoms with E-state index in [1.54, 1.807) is 0 Å². The molecule has 5 N–H and O–H groups in total. The summed E-state index contributed by atoms with van der Waals surface area (Å²) >= 11 is 0. The number of quaternary nitrogens is 1. The maximum Gasteiger partial charge on any atom is 0.286 e. The van der Waals surface area contributed by atoms with Crippen LogP contribution in [-0.4, -0.2) is 22.2 Å². The predicted molar refractivity (Wildman–Crippen MR) is 59.8 cm³/mol. The van der Waals surface area contributed by atoms with Crippen molar-refractivity contribution in [1.82, 2.24) is 10.1 Å². The number of aromatic nitrogens is 3. The summed E-state index contributed by atoms with van der Waals surface area (Å²) in [6, 6.07) is 5.22. The summed E-state index contributed by atoms with van der Waals surface area (Å²) in [6.07, 6.45) is 4.21. The molecule has 2 aromatic heterocycles. The number of halogens is 2. The Morgan fingerprint density at radius 3 is 2.83 bits per heavy atom. The van der Waals surface area contributed by atoms with Gasteiger partial charge in [-0.15, -0.1) is 9.50 Å². The number of nitrogens with zero attached hydrogens (tertiary/aromatic N) is 2. The number of aryl methyl sites for hydroxylation is 1. The Labute approximate surface area is 118 Å². The fourth-order valence-electron chi connectivity index (χ4n) is 2.25. The monoisotopic (exact) mass is 289 g/mol. The van der Waals surface area contributed by atoms with Gasteiger partial charge in [-0.3, -0.25) is 5.10 Å². The zero-order valence-electron chi connectivity index (χ0n) is 10.2. The third kappa shape index (κ3) is 2.68. The molecule has 0 amide bonds. The van der Waals surface area contributed by atoms with Crippen molar-refractivity contribution in [2.75, 3.05) is 5.32 Å². The smallest absolute Gasteiger partial charge is 0.286 e. The minimum Gasteiger partial charge on any atom is -1.00 e. The van der Waals surface area contributed by atoms with E-state index < -0.39 is 0 Å². The largest absolute Gasteiger partial charge is 1.00 e. The molecular weight excluding hydrogens is 273 g/mol.